The van der Waals surface area contributed by atoms with Gasteiger partial charge in [-0.05, 0) is 29.8 Å². The maximum absolute atomic E-state index is 2.45. The quantitative estimate of drug-likeness (QED) is 0.445. The van der Waals surface area contributed by atoms with Gasteiger partial charge >= 0.3 is 0 Å². The summed E-state index contributed by atoms with van der Waals surface area (Å²) in [6.07, 6.45) is 1.11. The molecule has 0 aliphatic carbocycles. The van der Waals surface area contributed by atoms with E-state index in [1.807, 2.05) is 0 Å². The van der Waals surface area contributed by atoms with Crippen molar-refractivity contribution in [1.29, 1.82) is 0 Å². The predicted octanol–water partition coefficient (Wildman–Crippen LogP) is 1.49. The van der Waals surface area contributed by atoms with E-state index < -0.39 is 7.26 Å². The van der Waals surface area contributed by atoms with Crippen molar-refractivity contribution in [2.45, 2.75) is 6.16 Å². The summed E-state index contributed by atoms with van der Waals surface area (Å²) in [5, 5.41) is 2.94. The first-order chi connectivity index (χ1) is 10.3. The minimum atomic E-state index is -1.40. The summed E-state index contributed by atoms with van der Waals surface area (Å²) in [7, 11) is -1.40. The first-order valence-corrected chi connectivity index (χ1v) is 9.72. The van der Waals surface area contributed by atoms with Gasteiger partial charge in [0.05, 0.1) is 30.7 Å². The highest BCUT2D eigenvalue weighted by molar-refractivity contribution is 7.88. The number of benzene rings is 3. The van der Waals surface area contributed by atoms with Gasteiger partial charge in [-0.1, -0.05) is 66.7 Å². The van der Waals surface area contributed by atoms with Crippen LogP contribution in [0.15, 0.2) is 91.0 Å². The molecule has 0 unspecified atom stereocenters. The van der Waals surface area contributed by atoms with Crippen molar-refractivity contribution >= 4 is 17.9 Å². The number of hydrogen-bond donors (Lipinski definition) is 0. The summed E-state index contributed by atoms with van der Waals surface area (Å²) < 4.78 is 0. The van der Waals surface area contributed by atoms with Crippen LogP contribution in [0.1, 0.15) is 5.56 Å². The van der Waals surface area contributed by atoms with Gasteiger partial charge < -0.3 is 24.0 Å². The molecule has 0 aliphatic heterocycles. The largest absolute Gasteiger partial charge is 1.00 e. The Labute approximate surface area is 151 Å². The Morgan fingerprint density at radius 3 is 1.36 bits per heavy atom. The Balaban J connectivity index is 0.00000176. The second-order valence-corrected chi connectivity index (χ2v) is 9.24. The van der Waals surface area contributed by atoms with Gasteiger partial charge in [0.15, 0.2) is 0 Å². The summed E-state index contributed by atoms with van der Waals surface area (Å²) in [5.41, 5.74) is 1.42. The fraction of sp³-hybridized carbons (Fsp3) is 0.100. The molecule has 0 radical (unpaired) electrons. The minimum Gasteiger partial charge on any atom is -1.00 e. The molecule has 0 bridgehead atoms. The zero-order valence-electron chi connectivity index (χ0n) is 12.7. The van der Waals surface area contributed by atoms with Crippen LogP contribution in [0.25, 0.3) is 0 Å². The third-order valence-corrected chi connectivity index (χ3v) is 7.87. The standard InChI is InChI=1S/C20H20P.HI/c1-21(19-13-7-3-8-14-19,20-15-9-4-10-16-20)17-18-11-5-2-6-12-18;/h2-16H,17H2,1H3;1H/q+1;/p-1. The van der Waals surface area contributed by atoms with Gasteiger partial charge in [-0.15, -0.1) is 0 Å². The molecule has 22 heavy (non-hydrogen) atoms. The average Bonchev–Trinajstić information content (AvgIpc) is 2.57. The highest BCUT2D eigenvalue weighted by Gasteiger charge is 2.37. The third-order valence-electron chi connectivity index (χ3n) is 3.99. The molecule has 0 spiro atoms. The van der Waals surface area contributed by atoms with Crippen LogP contribution < -0.4 is 34.6 Å². The smallest absolute Gasteiger partial charge is 0.0992 e. The third kappa shape index (κ3) is 3.77. The molecule has 0 N–H and O–H groups in total. The van der Waals surface area contributed by atoms with E-state index in [-0.39, 0.29) is 24.0 Å². The molecule has 3 aromatic rings. The summed E-state index contributed by atoms with van der Waals surface area (Å²) >= 11 is 0. The fourth-order valence-corrected chi connectivity index (χ4v) is 6.06. The first-order valence-electron chi connectivity index (χ1n) is 7.30. The zero-order valence-corrected chi connectivity index (χ0v) is 15.7. The number of hydrogen-bond acceptors (Lipinski definition) is 0. The van der Waals surface area contributed by atoms with Crippen molar-refractivity contribution in [3.63, 3.8) is 0 Å². The molecular weight excluding hydrogens is 398 g/mol. The van der Waals surface area contributed by atoms with Gasteiger partial charge in [-0.3, -0.25) is 0 Å². The number of halogens is 1. The molecular formula is C20H20IP. The van der Waals surface area contributed by atoms with E-state index in [2.05, 4.69) is 97.7 Å². The second-order valence-electron chi connectivity index (χ2n) is 5.51. The Morgan fingerprint density at radius 1 is 0.591 bits per heavy atom. The Bertz CT molecular complexity index is 641. The SMILES string of the molecule is C[P+](Cc1ccccc1)(c1ccccc1)c1ccccc1.[I-]. The van der Waals surface area contributed by atoms with Crippen molar-refractivity contribution in [3.8, 4) is 0 Å². The monoisotopic (exact) mass is 418 g/mol. The van der Waals surface area contributed by atoms with Crippen molar-refractivity contribution in [2.24, 2.45) is 0 Å². The molecule has 0 saturated carbocycles. The van der Waals surface area contributed by atoms with Gasteiger partial charge in [0.2, 0.25) is 0 Å². The lowest BCUT2D eigenvalue weighted by Gasteiger charge is -2.23. The van der Waals surface area contributed by atoms with Gasteiger partial charge in [0.1, 0.15) is 0 Å². The van der Waals surface area contributed by atoms with E-state index in [0.29, 0.717) is 0 Å². The van der Waals surface area contributed by atoms with Crippen molar-refractivity contribution in [3.05, 3.63) is 96.6 Å². The van der Waals surface area contributed by atoms with Crippen LogP contribution in [0.2, 0.25) is 0 Å². The van der Waals surface area contributed by atoms with Gasteiger partial charge in [-0.2, -0.15) is 0 Å². The van der Waals surface area contributed by atoms with Crippen LogP contribution in [0.3, 0.4) is 0 Å². The molecule has 0 saturated heterocycles. The van der Waals surface area contributed by atoms with Gasteiger partial charge in [0.25, 0.3) is 0 Å². The summed E-state index contributed by atoms with van der Waals surface area (Å²) in [5.74, 6) is 0. The average molecular weight is 418 g/mol. The van der Waals surface area contributed by atoms with Crippen LogP contribution >= 0.6 is 7.26 Å². The summed E-state index contributed by atoms with van der Waals surface area (Å²) in [6.45, 7) is 2.45. The molecule has 0 atom stereocenters. The lowest BCUT2D eigenvalue weighted by molar-refractivity contribution is -0.00000421. The van der Waals surface area contributed by atoms with E-state index in [1.165, 1.54) is 16.2 Å². The Morgan fingerprint density at radius 2 is 0.955 bits per heavy atom. The molecule has 0 heterocycles. The van der Waals surface area contributed by atoms with E-state index in [1.54, 1.807) is 0 Å². The van der Waals surface area contributed by atoms with E-state index >= 15 is 0 Å². The molecule has 3 aromatic carbocycles. The van der Waals surface area contributed by atoms with E-state index in [0.717, 1.165) is 6.16 Å². The van der Waals surface area contributed by atoms with Crippen LogP contribution in [0, 0.1) is 0 Å². The van der Waals surface area contributed by atoms with Crippen LogP contribution in [0.4, 0.5) is 0 Å². The maximum Gasteiger partial charge on any atom is 0.0992 e. The van der Waals surface area contributed by atoms with Crippen molar-refractivity contribution < 1.29 is 24.0 Å². The molecule has 0 aliphatic rings. The molecule has 0 amide bonds. The lowest BCUT2D eigenvalue weighted by atomic mass is 10.2. The molecule has 112 valence electrons. The fourth-order valence-electron chi connectivity index (χ4n) is 2.79. The molecule has 0 nitrogen and oxygen atoms in total. The highest BCUT2D eigenvalue weighted by Crippen LogP contribution is 2.55. The highest BCUT2D eigenvalue weighted by atomic mass is 127. The van der Waals surface area contributed by atoms with Crippen LogP contribution in [0.5, 0.6) is 0 Å². The van der Waals surface area contributed by atoms with Crippen LogP contribution in [-0.2, 0) is 6.16 Å². The predicted molar refractivity (Wildman–Crippen MR) is 95.1 cm³/mol. The number of rotatable bonds is 4. The topological polar surface area (TPSA) is 0 Å². The summed E-state index contributed by atoms with van der Waals surface area (Å²) in [6, 6.07) is 32.8. The minimum absolute atomic E-state index is 0. The zero-order chi connectivity index (χ0) is 14.5. The van der Waals surface area contributed by atoms with Gasteiger partial charge in [-0.25, -0.2) is 0 Å². The molecule has 3 rings (SSSR count). The van der Waals surface area contributed by atoms with Crippen LogP contribution in [-0.4, -0.2) is 6.66 Å². The summed E-state index contributed by atoms with van der Waals surface area (Å²) in [4.78, 5) is 0. The Hall–Kier alpha value is -1.18. The van der Waals surface area contributed by atoms with Crippen molar-refractivity contribution in [2.75, 3.05) is 6.66 Å². The first kappa shape index (κ1) is 17.2. The maximum atomic E-state index is 2.45. The van der Waals surface area contributed by atoms with E-state index in [9.17, 15) is 0 Å². The molecule has 0 aromatic heterocycles. The molecule has 2 heteroatoms. The Kier molecular flexibility index (Phi) is 6.16. The normalized spacial score (nSPS) is 10.8. The second kappa shape index (κ2) is 7.89. The lowest BCUT2D eigenvalue weighted by Crippen LogP contribution is -3.00. The molecule has 0 fully saturated rings. The van der Waals surface area contributed by atoms with E-state index in [4.69, 9.17) is 0 Å². The van der Waals surface area contributed by atoms with Crippen molar-refractivity contribution in [1.82, 2.24) is 0 Å². The van der Waals surface area contributed by atoms with Gasteiger partial charge in [0, 0.05) is 0 Å².